The fourth-order valence-corrected chi connectivity index (χ4v) is 6.44. The number of likely N-dealkylation sites (tertiary alicyclic amines) is 1. The molecule has 7 nitrogen and oxygen atoms in total. The number of sulfonamides is 1. The Morgan fingerprint density at radius 3 is 2.29 bits per heavy atom. The van der Waals surface area contributed by atoms with Crippen molar-refractivity contribution >= 4 is 27.5 Å². The third-order valence-corrected chi connectivity index (χ3v) is 8.68. The quantitative estimate of drug-likeness (QED) is 0.670. The zero-order chi connectivity index (χ0) is 24.1. The van der Waals surface area contributed by atoms with Crippen LogP contribution in [0.2, 0.25) is 0 Å². The number of hydrogen-bond donors (Lipinski definition) is 1. The lowest BCUT2D eigenvalue weighted by molar-refractivity contribution is -0.132. The average Bonchev–Trinajstić information content (AvgIpc) is 3.14. The van der Waals surface area contributed by atoms with Crippen LogP contribution in [0.5, 0.6) is 0 Å². The molecular formula is C26H33N3O4S. The van der Waals surface area contributed by atoms with Gasteiger partial charge in [0.25, 0.3) is 0 Å². The molecule has 2 aromatic rings. The minimum atomic E-state index is -3.84. The molecule has 1 atom stereocenters. The van der Waals surface area contributed by atoms with E-state index in [4.69, 9.17) is 0 Å². The van der Waals surface area contributed by atoms with Crippen LogP contribution in [0.25, 0.3) is 0 Å². The molecule has 0 bridgehead atoms. The molecule has 1 N–H and O–H groups in total. The Bertz CT molecular complexity index is 1120. The van der Waals surface area contributed by atoms with E-state index in [1.54, 1.807) is 19.1 Å². The van der Waals surface area contributed by atoms with Crippen LogP contribution < -0.4 is 5.32 Å². The van der Waals surface area contributed by atoms with Gasteiger partial charge in [0.15, 0.2) is 0 Å². The highest BCUT2D eigenvalue weighted by molar-refractivity contribution is 7.89. The fourth-order valence-electron chi connectivity index (χ4n) is 4.84. The van der Waals surface area contributed by atoms with Crippen molar-refractivity contribution in [1.29, 1.82) is 0 Å². The van der Waals surface area contributed by atoms with E-state index < -0.39 is 16.1 Å². The van der Waals surface area contributed by atoms with Crippen molar-refractivity contribution < 1.29 is 18.0 Å². The van der Waals surface area contributed by atoms with Gasteiger partial charge in [-0.2, -0.15) is 4.31 Å². The van der Waals surface area contributed by atoms with Gasteiger partial charge in [-0.15, -0.1) is 0 Å². The van der Waals surface area contributed by atoms with Gasteiger partial charge in [-0.3, -0.25) is 9.59 Å². The number of fused-ring (bicyclic) bond motifs is 1. The highest BCUT2D eigenvalue weighted by Crippen LogP contribution is 2.37. The fraction of sp³-hybridized carbons (Fsp3) is 0.462. The third kappa shape index (κ3) is 5.33. The summed E-state index contributed by atoms with van der Waals surface area (Å²) in [6.45, 7) is 3.57. The normalized spacial score (nSPS) is 19.2. The first-order chi connectivity index (χ1) is 16.4. The van der Waals surface area contributed by atoms with Crippen LogP contribution in [0.4, 0.5) is 5.69 Å². The van der Waals surface area contributed by atoms with E-state index in [0.29, 0.717) is 25.1 Å². The molecular weight excluding hydrogens is 450 g/mol. The molecule has 2 amide bonds. The minimum absolute atomic E-state index is 0.0152. The van der Waals surface area contributed by atoms with E-state index in [-0.39, 0.29) is 23.1 Å². The lowest BCUT2D eigenvalue weighted by Crippen LogP contribution is -2.43. The smallest absolute Gasteiger partial charge is 0.243 e. The van der Waals surface area contributed by atoms with Gasteiger partial charge in [0.05, 0.1) is 10.9 Å². The summed E-state index contributed by atoms with van der Waals surface area (Å²) in [4.78, 5) is 27.0. The van der Waals surface area contributed by atoms with Gasteiger partial charge in [0, 0.05) is 38.2 Å². The Hall–Kier alpha value is -2.71. The lowest BCUT2D eigenvalue weighted by atomic mass is 9.92. The molecule has 0 spiro atoms. The van der Waals surface area contributed by atoms with Crippen LogP contribution in [0.15, 0.2) is 53.4 Å². The number of nitrogens with zero attached hydrogens (tertiary/aromatic N) is 2. The summed E-state index contributed by atoms with van der Waals surface area (Å²) >= 11 is 0. The molecule has 0 saturated carbocycles. The first-order valence-electron chi connectivity index (χ1n) is 12.2. The van der Waals surface area contributed by atoms with E-state index in [9.17, 15) is 18.0 Å². The van der Waals surface area contributed by atoms with E-state index in [1.807, 2.05) is 29.2 Å². The second-order valence-corrected chi connectivity index (χ2v) is 10.9. The maximum Gasteiger partial charge on any atom is 0.243 e. The van der Waals surface area contributed by atoms with Crippen LogP contribution in [0, 0.1) is 0 Å². The number of nitrogens with one attached hydrogen (secondary N) is 1. The Labute approximate surface area is 202 Å². The summed E-state index contributed by atoms with van der Waals surface area (Å²) < 4.78 is 28.9. The van der Waals surface area contributed by atoms with Gasteiger partial charge in [-0.25, -0.2) is 8.42 Å². The van der Waals surface area contributed by atoms with Crippen molar-refractivity contribution in [1.82, 2.24) is 9.21 Å². The highest BCUT2D eigenvalue weighted by atomic mass is 32.2. The number of anilines is 1. The summed E-state index contributed by atoms with van der Waals surface area (Å²) in [5.74, 6) is -0.114. The van der Waals surface area contributed by atoms with E-state index in [2.05, 4.69) is 5.32 Å². The van der Waals surface area contributed by atoms with Crippen LogP contribution >= 0.6 is 0 Å². The first-order valence-corrected chi connectivity index (χ1v) is 13.6. The maximum absolute atomic E-state index is 13.7. The van der Waals surface area contributed by atoms with Crippen LogP contribution in [0.3, 0.4) is 0 Å². The van der Waals surface area contributed by atoms with Gasteiger partial charge >= 0.3 is 0 Å². The zero-order valence-corrected chi connectivity index (χ0v) is 20.5. The predicted molar refractivity (Wildman–Crippen MR) is 132 cm³/mol. The monoisotopic (exact) mass is 483 g/mol. The second kappa shape index (κ2) is 10.7. The summed E-state index contributed by atoms with van der Waals surface area (Å²) in [6, 6.07) is 13.6. The number of carbonyl (C=O) groups is 2. The number of benzene rings is 2. The van der Waals surface area contributed by atoms with Crippen molar-refractivity contribution in [3.8, 4) is 0 Å². The average molecular weight is 484 g/mol. The Morgan fingerprint density at radius 1 is 0.941 bits per heavy atom. The van der Waals surface area contributed by atoms with Crippen molar-refractivity contribution in [3.05, 3.63) is 59.7 Å². The third-order valence-electron chi connectivity index (χ3n) is 6.76. The molecule has 0 aliphatic carbocycles. The van der Waals surface area contributed by atoms with Crippen LogP contribution in [0.1, 0.15) is 62.6 Å². The Morgan fingerprint density at radius 2 is 1.62 bits per heavy atom. The maximum atomic E-state index is 13.7. The molecule has 2 aromatic carbocycles. The minimum Gasteiger partial charge on any atom is -0.343 e. The molecule has 2 aliphatic heterocycles. The molecule has 2 heterocycles. The van der Waals surface area contributed by atoms with E-state index in [1.165, 1.54) is 16.4 Å². The van der Waals surface area contributed by atoms with Gasteiger partial charge in [-0.1, -0.05) is 44.0 Å². The van der Waals surface area contributed by atoms with Crippen molar-refractivity contribution in [2.75, 3.05) is 25.0 Å². The van der Waals surface area contributed by atoms with Crippen molar-refractivity contribution in [2.45, 2.75) is 62.8 Å². The largest absolute Gasteiger partial charge is 0.343 e. The lowest BCUT2D eigenvalue weighted by Gasteiger charge is -2.37. The summed E-state index contributed by atoms with van der Waals surface area (Å²) in [7, 11) is -3.84. The van der Waals surface area contributed by atoms with E-state index >= 15 is 0 Å². The summed E-state index contributed by atoms with van der Waals surface area (Å²) in [5.41, 5.74) is 2.57. The molecule has 0 aromatic heterocycles. The molecule has 4 rings (SSSR count). The number of amides is 2. The molecule has 34 heavy (non-hydrogen) atoms. The van der Waals surface area contributed by atoms with Crippen molar-refractivity contribution in [2.24, 2.45) is 0 Å². The second-order valence-electron chi connectivity index (χ2n) is 9.01. The van der Waals surface area contributed by atoms with Crippen molar-refractivity contribution in [3.63, 3.8) is 0 Å². The molecule has 1 fully saturated rings. The van der Waals surface area contributed by atoms with Gasteiger partial charge in [0.1, 0.15) is 0 Å². The predicted octanol–water partition coefficient (Wildman–Crippen LogP) is 4.12. The van der Waals surface area contributed by atoms with Gasteiger partial charge < -0.3 is 10.2 Å². The van der Waals surface area contributed by atoms with Gasteiger partial charge in [-0.05, 0) is 54.7 Å². The Kier molecular flexibility index (Phi) is 7.68. The number of hydrogen-bond acceptors (Lipinski definition) is 4. The zero-order valence-electron chi connectivity index (χ0n) is 19.7. The molecule has 8 heteroatoms. The number of carbonyl (C=O) groups excluding carboxylic acids is 2. The van der Waals surface area contributed by atoms with Gasteiger partial charge in [0.2, 0.25) is 21.8 Å². The highest BCUT2D eigenvalue weighted by Gasteiger charge is 2.38. The summed E-state index contributed by atoms with van der Waals surface area (Å²) in [6.07, 6.45) is 5.34. The standard InChI is InChI=1S/C26H33N3O4S/c1-2-25(30)27-21-11-13-22(14-12-21)34(32,33)29-18-15-20-9-5-6-10-23(20)24(29)19-26(31)28-16-7-3-4-8-17-28/h5-6,9-14,24H,2-4,7-8,15-19H2,1H3,(H,27,30)/t24-/m0/s1. The molecule has 0 radical (unpaired) electrons. The molecule has 0 unspecified atom stereocenters. The molecule has 182 valence electrons. The SMILES string of the molecule is CCC(=O)Nc1ccc(S(=O)(=O)N2CCc3ccccc3[C@@H]2CC(=O)N2CCCCCC2)cc1. The molecule has 1 saturated heterocycles. The number of rotatable bonds is 6. The topological polar surface area (TPSA) is 86.8 Å². The summed E-state index contributed by atoms with van der Waals surface area (Å²) in [5, 5.41) is 2.74. The van der Waals surface area contributed by atoms with E-state index in [0.717, 1.165) is 49.9 Å². The Balaban J connectivity index is 1.62. The first kappa shape index (κ1) is 24.4. The molecule has 2 aliphatic rings. The van der Waals surface area contributed by atoms with Crippen LogP contribution in [-0.2, 0) is 26.0 Å². The van der Waals surface area contributed by atoms with Crippen LogP contribution in [-0.4, -0.2) is 49.1 Å².